The molecule has 1 aromatic heterocycles. The van der Waals surface area contributed by atoms with Crippen LogP contribution in [0.2, 0.25) is 0 Å². The number of hydrogen-bond acceptors (Lipinski definition) is 4. The Hall–Kier alpha value is -1.82. The molecular weight excluding hydrogens is 318 g/mol. The number of nitrogens with one attached hydrogen (secondary N) is 1. The van der Waals surface area contributed by atoms with E-state index in [1.54, 1.807) is 13.1 Å². The Morgan fingerprint density at radius 1 is 1.36 bits per heavy atom. The number of carbonyl (C=O) groups excluding carboxylic acids is 2. The van der Waals surface area contributed by atoms with Crippen LogP contribution in [0.5, 0.6) is 0 Å². The molecule has 2 amide bonds. The minimum absolute atomic E-state index is 0.215. The first-order valence-electron chi connectivity index (χ1n) is 9.30. The highest BCUT2D eigenvalue weighted by atomic mass is 16.4. The van der Waals surface area contributed by atoms with Gasteiger partial charge in [0.15, 0.2) is 5.76 Å². The molecular formula is C19H29N3O3. The lowest BCUT2D eigenvalue weighted by Crippen LogP contribution is -2.47. The molecule has 0 aromatic carbocycles. The molecule has 0 unspecified atom stereocenters. The lowest BCUT2D eigenvalue weighted by atomic mass is 10.0. The Bertz CT molecular complexity index is 621. The van der Waals surface area contributed by atoms with Crippen LogP contribution in [-0.2, 0) is 11.3 Å². The smallest absolute Gasteiger partial charge is 0.286 e. The summed E-state index contributed by atoms with van der Waals surface area (Å²) < 4.78 is 5.65. The van der Waals surface area contributed by atoms with Crippen molar-refractivity contribution in [2.24, 2.45) is 11.8 Å². The monoisotopic (exact) mass is 347 g/mol. The third-order valence-corrected chi connectivity index (χ3v) is 5.22. The second-order valence-corrected chi connectivity index (χ2v) is 7.63. The third-order valence-electron chi connectivity index (χ3n) is 5.22. The third kappa shape index (κ3) is 4.42. The Morgan fingerprint density at radius 3 is 2.76 bits per heavy atom. The first kappa shape index (κ1) is 18.0. The summed E-state index contributed by atoms with van der Waals surface area (Å²) in [6.45, 7) is 7.52. The molecule has 1 aliphatic carbocycles. The van der Waals surface area contributed by atoms with Crippen molar-refractivity contribution in [3.63, 3.8) is 0 Å². The lowest BCUT2D eigenvalue weighted by Gasteiger charge is -2.34. The van der Waals surface area contributed by atoms with E-state index in [0.29, 0.717) is 30.6 Å². The predicted octanol–water partition coefficient (Wildman–Crippen LogP) is 2.11. The molecule has 1 saturated carbocycles. The van der Waals surface area contributed by atoms with Crippen molar-refractivity contribution in [2.75, 3.05) is 26.7 Å². The van der Waals surface area contributed by atoms with E-state index in [4.69, 9.17) is 4.42 Å². The summed E-state index contributed by atoms with van der Waals surface area (Å²) in [5, 5.41) is 2.57. The van der Waals surface area contributed by atoms with Crippen molar-refractivity contribution in [3.05, 3.63) is 23.7 Å². The maximum absolute atomic E-state index is 12.6. The minimum atomic E-state index is -0.215. The quantitative estimate of drug-likeness (QED) is 0.856. The number of furan rings is 1. The molecule has 0 spiro atoms. The van der Waals surface area contributed by atoms with Crippen LogP contribution in [0, 0.1) is 11.8 Å². The number of amides is 2. The summed E-state index contributed by atoms with van der Waals surface area (Å²) in [6, 6.07) is 3.80. The molecule has 6 nitrogen and oxygen atoms in total. The highest BCUT2D eigenvalue weighted by Gasteiger charge is 2.35. The molecule has 3 rings (SSSR count). The topological polar surface area (TPSA) is 65.8 Å². The van der Waals surface area contributed by atoms with Gasteiger partial charge < -0.3 is 14.6 Å². The Balaban J connectivity index is 1.68. The van der Waals surface area contributed by atoms with Gasteiger partial charge in [0.2, 0.25) is 5.91 Å². The van der Waals surface area contributed by atoms with E-state index in [1.165, 1.54) is 12.8 Å². The number of rotatable bonds is 6. The van der Waals surface area contributed by atoms with Crippen LogP contribution in [0.25, 0.3) is 0 Å². The van der Waals surface area contributed by atoms with Gasteiger partial charge in [0, 0.05) is 39.1 Å². The van der Waals surface area contributed by atoms with Gasteiger partial charge >= 0.3 is 0 Å². The summed E-state index contributed by atoms with van der Waals surface area (Å²) in [5.41, 5.74) is 0. The van der Waals surface area contributed by atoms with Crippen molar-refractivity contribution in [2.45, 2.75) is 45.7 Å². The van der Waals surface area contributed by atoms with Crippen LogP contribution in [0.15, 0.2) is 16.5 Å². The van der Waals surface area contributed by atoms with Gasteiger partial charge in [-0.15, -0.1) is 0 Å². The van der Waals surface area contributed by atoms with Crippen molar-refractivity contribution in [1.29, 1.82) is 0 Å². The second kappa shape index (κ2) is 7.60. The van der Waals surface area contributed by atoms with Gasteiger partial charge in [-0.1, -0.05) is 13.8 Å². The molecule has 1 N–H and O–H groups in total. The van der Waals surface area contributed by atoms with E-state index in [-0.39, 0.29) is 17.9 Å². The standard InChI is InChI=1S/C19H29N3O3/c1-13(2)16-12-21(9-8-18(23)22(16)10-14-4-5-14)11-15-6-7-17(25-15)19(24)20-3/h6-7,13-14,16H,4-5,8-12H2,1-3H3,(H,20,24)/t16-/m1/s1. The molecule has 1 aromatic rings. The van der Waals surface area contributed by atoms with E-state index in [0.717, 1.165) is 25.4 Å². The van der Waals surface area contributed by atoms with E-state index in [1.807, 2.05) is 6.07 Å². The summed E-state index contributed by atoms with van der Waals surface area (Å²) in [7, 11) is 1.59. The van der Waals surface area contributed by atoms with Crippen molar-refractivity contribution in [1.82, 2.24) is 15.1 Å². The van der Waals surface area contributed by atoms with Crippen molar-refractivity contribution < 1.29 is 14.0 Å². The fourth-order valence-corrected chi connectivity index (χ4v) is 3.50. The number of hydrogen-bond donors (Lipinski definition) is 1. The fraction of sp³-hybridized carbons (Fsp3) is 0.684. The predicted molar refractivity (Wildman–Crippen MR) is 95.1 cm³/mol. The van der Waals surface area contributed by atoms with E-state index in [9.17, 15) is 9.59 Å². The van der Waals surface area contributed by atoms with Crippen molar-refractivity contribution in [3.8, 4) is 0 Å². The van der Waals surface area contributed by atoms with Crippen LogP contribution in [0.4, 0.5) is 0 Å². The molecule has 0 bridgehead atoms. The van der Waals surface area contributed by atoms with Crippen LogP contribution < -0.4 is 5.32 Å². The van der Waals surface area contributed by atoms with Gasteiger partial charge in [-0.2, -0.15) is 0 Å². The average Bonchev–Trinajstić information content (AvgIpc) is 3.32. The molecule has 2 aliphatic rings. The van der Waals surface area contributed by atoms with Gasteiger partial charge in [-0.3, -0.25) is 14.5 Å². The normalized spacial score (nSPS) is 22.3. The Labute approximate surface area is 149 Å². The van der Waals surface area contributed by atoms with Crippen LogP contribution in [0.1, 0.15) is 49.4 Å². The zero-order valence-electron chi connectivity index (χ0n) is 15.5. The van der Waals surface area contributed by atoms with Gasteiger partial charge in [-0.05, 0) is 36.8 Å². The Kier molecular flexibility index (Phi) is 5.47. The van der Waals surface area contributed by atoms with Gasteiger partial charge in [0.25, 0.3) is 5.91 Å². The lowest BCUT2D eigenvalue weighted by molar-refractivity contribution is -0.133. The molecule has 2 fully saturated rings. The maximum Gasteiger partial charge on any atom is 0.286 e. The van der Waals surface area contributed by atoms with E-state index in [2.05, 4.69) is 29.0 Å². The molecule has 1 atom stereocenters. The SMILES string of the molecule is CNC(=O)c1ccc(CN2CCC(=O)N(CC3CC3)[C@@H](C(C)C)C2)o1. The molecule has 2 heterocycles. The molecule has 0 radical (unpaired) electrons. The summed E-state index contributed by atoms with van der Waals surface area (Å²) in [5.74, 6) is 2.29. The number of nitrogens with zero attached hydrogens (tertiary/aromatic N) is 2. The first-order valence-corrected chi connectivity index (χ1v) is 9.30. The van der Waals surface area contributed by atoms with E-state index < -0.39 is 0 Å². The van der Waals surface area contributed by atoms with Crippen LogP contribution >= 0.6 is 0 Å². The zero-order chi connectivity index (χ0) is 18.0. The molecule has 6 heteroatoms. The molecule has 138 valence electrons. The summed E-state index contributed by atoms with van der Waals surface area (Å²) in [4.78, 5) is 28.7. The first-order chi connectivity index (χ1) is 12.0. The van der Waals surface area contributed by atoms with E-state index >= 15 is 0 Å². The molecule has 1 saturated heterocycles. The molecule has 25 heavy (non-hydrogen) atoms. The largest absolute Gasteiger partial charge is 0.455 e. The Morgan fingerprint density at radius 2 is 2.12 bits per heavy atom. The van der Waals surface area contributed by atoms with Gasteiger partial charge in [-0.25, -0.2) is 0 Å². The average molecular weight is 347 g/mol. The number of carbonyl (C=O) groups is 2. The highest BCUT2D eigenvalue weighted by molar-refractivity contribution is 5.91. The fourth-order valence-electron chi connectivity index (χ4n) is 3.50. The van der Waals surface area contributed by atoms with Crippen LogP contribution in [0.3, 0.4) is 0 Å². The van der Waals surface area contributed by atoms with Gasteiger partial charge in [0.05, 0.1) is 6.54 Å². The summed E-state index contributed by atoms with van der Waals surface area (Å²) >= 11 is 0. The molecule has 1 aliphatic heterocycles. The minimum Gasteiger partial charge on any atom is -0.455 e. The highest BCUT2D eigenvalue weighted by Crippen LogP contribution is 2.32. The van der Waals surface area contributed by atoms with Crippen LogP contribution in [-0.4, -0.2) is 54.3 Å². The summed E-state index contributed by atoms with van der Waals surface area (Å²) in [6.07, 6.45) is 3.07. The maximum atomic E-state index is 12.6. The zero-order valence-corrected chi connectivity index (χ0v) is 15.5. The van der Waals surface area contributed by atoms with Crippen molar-refractivity contribution >= 4 is 11.8 Å². The second-order valence-electron chi connectivity index (χ2n) is 7.63. The van der Waals surface area contributed by atoms with Gasteiger partial charge in [0.1, 0.15) is 5.76 Å².